The summed E-state index contributed by atoms with van der Waals surface area (Å²) in [5.74, 6) is 0.245. The van der Waals surface area contributed by atoms with Gasteiger partial charge in [0.15, 0.2) is 6.61 Å². The van der Waals surface area contributed by atoms with E-state index in [1.807, 2.05) is 13.0 Å². The Morgan fingerprint density at radius 1 is 1.12 bits per heavy atom. The van der Waals surface area contributed by atoms with E-state index in [0.717, 1.165) is 19.9 Å². The molecule has 25 heavy (non-hydrogen) atoms. The zero-order valence-electron chi connectivity index (χ0n) is 13.0. The molecule has 3 rings (SSSR count). The third-order valence-electron chi connectivity index (χ3n) is 3.39. The lowest BCUT2D eigenvalue weighted by molar-refractivity contribution is -0.136. The van der Waals surface area contributed by atoms with Crippen molar-refractivity contribution in [2.45, 2.75) is 6.92 Å². The van der Waals surface area contributed by atoms with Crippen LogP contribution in [0.1, 0.15) is 5.56 Å². The average molecular weight is 468 g/mol. The topological polar surface area (TPSA) is 65.7 Å². The molecule has 1 heterocycles. The maximum atomic E-state index is 12.0. The molecule has 0 radical (unpaired) electrons. The van der Waals surface area contributed by atoms with Gasteiger partial charge < -0.3 is 13.9 Å². The Kier molecular flexibility index (Phi) is 5.24. The van der Waals surface area contributed by atoms with Crippen molar-refractivity contribution < 1.29 is 18.7 Å². The molecule has 0 aliphatic carbocycles. The van der Waals surface area contributed by atoms with Crippen LogP contribution < -0.4 is 15.1 Å². The van der Waals surface area contributed by atoms with Crippen LogP contribution in [0.4, 0.5) is 0 Å². The molecule has 0 unspecified atom stereocenters. The van der Waals surface area contributed by atoms with Crippen LogP contribution in [-0.2, 0) is 4.79 Å². The third-order valence-corrected chi connectivity index (χ3v) is 4.51. The van der Waals surface area contributed by atoms with E-state index in [9.17, 15) is 9.59 Å². The molecule has 0 aliphatic rings. The van der Waals surface area contributed by atoms with E-state index >= 15 is 0 Å². The van der Waals surface area contributed by atoms with Gasteiger partial charge in [-0.25, -0.2) is 9.59 Å². The summed E-state index contributed by atoms with van der Waals surface area (Å²) in [6.45, 7) is 1.56. The van der Waals surface area contributed by atoms with Crippen molar-refractivity contribution in [1.29, 1.82) is 0 Å². The molecule has 0 bridgehead atoms. The van der Waals surface area contributed by atoms with Gasteiger partial charge in [0.05, 0.1) is 4.47 Å². The maximum absolute atomic E-state index is 12.0. The largest absolute Gasteiger partial charge is 0.481 e. The molecule has 3 aromatic rings. The van der Waals surface area contributed by atoms with Crippen molar-refractivity contribution in [3.63, 3.8) is 0 Å². The monoisotopic (exact) mass is 466 g/mol. The van der Waals surface area contributed by atoms with Gasteiger partial charge in [-0.2, -0.15) is 0 Å². The van der Waals surface area contributed by atoms with E-state index in [1.54, 1.807) is 24.3 Å². The van der Waals surface area contributed by atoms with Crippen LogP contribution in [0.25, 0.3) is 11.0 Å². The van der Waals surface area contributed by atoms with E-state index in [-0.39, 0.29) is 12.4 Å². The molecule has 0 fully saturated rings. The normalized spacial score (nSPS) is 10.7. The van der Waals surface area contributed by atoms with Gasteiger partial charge in [0.1, 0.15) is 17.1 Å². The fourth-order valence-electron chi connectivity index (χ4n) is 2.26. The van der Waals surface area contributed by atoms with E-state index in [0.29, 0.717) is 11.3 Å². The van der Waals surface area contributed by atoms with Crippen LogP contribution in [-0.4, -0.2) is 12.6 Å². The molecule has 0 spiro atoms. The maximum Gasteiger partial charge on any atom is 0.349 e. The SMILES string of the molecule is Cc1cc(=O)oc2cc(OC(=O)COc3ccc(Br)cc3Br)ccc12. The van der Waals surface area contributed by atoms with Crippen molar-refractivity contribution in [1.82, 2.24) is 0 Å². The highest BCUT2D eigenvalue weighted by atomic mass is 79.9. The van der Waals surface area contributed by atoms with Crippen LogP contribution in [0, 0.1) is 6.92 Å². The highest BCUT2D eigenvalue weighted by Gasteiger charge is 2.10. The lowest BCUT2D eigenvalue weighted by Gasteiger charge is -2.09. The number of hydrogen-bond acceptors (Lipinski definition) is 5. The molecule has 0 aliphatic heterocycles. The first kappa shape index (κ1) is 17.7. The van der Waals surface area contributed by atoms with Gasteiger partial charge in [0, 0.05) is 22.0 Å². The van der Waals surface area contributed by atoms with E-state index in [4.69, 9.17) is 13.9 Å². The Morgan fingerprint density at radius 3 is 2.68 bits per heavy atom. The van der Waals surface area contributed by atoms with Crippen molar-refractivity contribution >= 4 is 48.8 Å². The number of halogens is 2. The molecule has 1 aromatic heterocycles. The number of aryl methyl sites for hydroxylation is 1. The Balaban J connectivity index is 1.70. The number of hydrogen-bond donors (Lipinski definition) is 0. The lowest BCUT2D eigenvalue weighted by Crippen LogP contribution is -2.17. The van der Waals surface area contributed by atoms with Crippen molar-refractivity contribution in [3.8, 4) is 11.5 Å². The summed E-state index contributed by atoms with van der Waals surface area (Å²) in [5.41, 5.74) is 0.719. The van der Waals surface area contributed by atoms with Crippen molar-refractivity contribution in [3.05, 3.63) is 67.4 Å². The molecule has 0 atom stereocenters. The van der Waals surface area contributed by atoms with E-state index in [2.05, 4.69) is 31.9 Å². The fourth-order valence-corrected chi connectivity index (χ4v) is 3.42. The van der Waals surface area contributed by atoms with Gasteiger partial charge in [-0.3, -0.25) is 0 Å². The van der Waals surface area contributed by atoms with Gasteiger partial charge in [-0.1, -0.05) is 15.9 Å². The first-order chi connectivity index (χ1) is 11.9. The average Bonchev–Trinajstić information content (AvgIpc) is 2.53. The minimum atomic E-state index is -0.566. The summed E-state index contributed by atoms with van der Waals surface area (Å²) in [4.78, 5) is 23.4. The van der Waals surface area contributed by atoms with Crippen molar-refractivity contribution in [2.24, 2.45) is 0 Å². The Hall–Kier alpha value is -2.12. The van der Waals surface area contributed by atoms with E-state index < -0.39 is 11.6 Å². The summed E-state index contributed by atoms with van der Waals surface area (Å²) in [5, 5.41) is 0.787. The van der Waals surface area contributed by atoms with Crippen LogP contribution >= 0.6 is 31.9 Å². The predicted octanol–water partition coefficient (Wildman–Crippen LogP) is 4.61. The lowest BCUT2D eigenvalue weighted by atomic mass is 10.1. The predicted molar refractivity (Wildman–Crippen MR) is 100 cm³/mol. The minimum absolute atomic E-state index is 0.254. The molecular weight excluding hydrogens is 456 g/mol. The first-order valence-electron chi connectivity index (χ1n) is 7.25. The molecule has 0 N–H and O–H groups in total. The second-order valence-corrected chi connectivity index (χ2v) is 7.01. The number of rotatable bonds is 4. The number of esters is 1. The fraction of sp³-hybridized carbons (Fsp3) is 0.111. The first-order valence-corrected chi connectivity index (χ1v) is 8.84. The zero-order valence-corrected chi connectivity index (χ0v) is 16.2. The molecular formula is C18H12Br2O5. The Labute approximate surface area is 159 Å². The second-order valence-electron chi connectivity index (χ2n) is 5.24. The third kappa shape index (κ3) is 4.29. The highest BCUT2D eigenvalue weighted by Crippen LogP contribution is 2.28. The smallest absolute Gasteiger partial charge is 0.349 e. The highest BCUT2D eigenvalue weighted by molar-refractivity contribution is 9.11. The Bertz CT molecular complexity index is 1010. The molecule has 7 heteroatoms. The number of ether oxygens (including phenoxy) is 2. The standard InChI is InChI=1S/C18H12Br2O5/c1-10-6-17(21)25-16-8-12(3-4-13(10)16)24-18(22)9-23-15-5-2-11(19)7-14(15)20/h2-8H,9H2,1H3. The number of benzene rings is 2. The van der Waals surface area contributed by atoms with E-state index in [1.165, 1.54) is 12.1 Å². The number of carbonyl (C=O) groups is 1. The molecule has 0 amide bonds. The summed E-state index contributed by atoms with van der Waals surface area (Å²) in [7, 11) is 0. The second kappa shape index (κ2) is 7.41. The quantitative estimate of drug-likeness (QED) is 0.318. The summed E-state index contributed by atoms with van der Waals surface area (Å²) >= 11 is 6.70. The Morgan fingerprint density at radius 2 is 1.92 bits per heavy atom. The van der Waals surface area contributed by atoms with Crippen LogP contribution in [0.3, 0.4) is 0 Å². The molecule has 2 aromatic carbocycles. The summed E-state index contributed by atoms with van der Waals surface area (Å²) in [6.07, 6.45) is 0. The minimum Gasteiger partial charge on any atom is -0.481 e. The molecule has 0 saturated carbocycles. The van der Waals surface area contributed by atoms with Crippen LogP contribution in [0.2, 0.25) is 0 Å². The van der Waals surface area contributed by atoms with Gasteiger partial charge >= 0.3 is 11.6 Å². The zero-order chi connectivity index (χ0) is 18.0. The van der Waals surface area contributed by atoms with Crippen LogP contribution in [0.5, 0.6) is 11.5 Å². The van der Waals surface area contributed by atoms with Gasteiger partial charge in [-0.15, -0.1) is 0 Å². The molecule has 128 valence electrons. The van der Waals surface area contributed by atoms with Crippen LogP contribution in [0.15, 0.2) is 60.6 Å². The summed E-state index contributed by atoms with van der Waals surface area (Å²) in [6, 6.07) is 11.7. The molecule has 0 saturated heterocycles. The van der Waals surface area contributed by atoms with Gasteiger partial charge in [-0.05, 0) is 58.7 Å². The molecule has 5 nitrogen and oxygen atoms in total. The van der Waals surface area contributed by atoms with Crippen molar-refractivity contribution in [2.75, 3.05) is 6.61 Å². The van der Waals surface area contributed by atoms with Gasteiger partial charge in [0.2, 0.25) is 0 Å². The number of carbonyl (C=O) groups excluding carboxylic acids is 1. The summed E-state index contributed by atoms with van der Waals surface area (Å²) < 4.78 is 17.4. The van der Waals surface area contributed by atoms with Gasteiger partial charge in [0.25, 0.3) is 0 Å². The number of fused-ring (bicyclic) bond motifs is 1.